The minimum Gasteiger partial charge on any atom is -0.379 e. The van der Waals surface area contributed by atoms with E-state index in [1.165, 1.54) is 0 Å². The van der Waals surface area contributed by atoms with Gasteiger partial charge in [-0.25, -0.2) is 8.78 Å². The second-order valence-electron chi connectivity index (χ2n) is 4.13. The third-order valence-corrected chi connectivity index (χ3v) is 4.43. The Hall–Kier alpha value is -0.970. The second kappa shape index (κ2) is 6.86. The molecule has 2 rings (SSSR count). The van der Waals surface area contributed by atoms with Gasteiger partial charge in [-0.3, -0.25) is 0 Å². The van der Waals surface area contributed by atoms with E-state index >= 15 is 0 Å². The SMILES string of the molecule is N#Cc1cc(F)c(CNc2c(Br)cc(Br)cc2Br)c(F)c1. The lowest BCUT2D eigenvalue weighted by Gasteiger charge is -2.12. The molecule has 0 aliphatic heterocycles. The molecule has 2 nitrogen and oxygen atoms in total. The molecule has 2 aromatic rings. The molecule has 2 aromatic carbocycles. The Kier molecular flexibility index (Phi) is 5.36. The van der Waals surface area contributed by atoms with Gasteiger partial charge in [0.05, 0.1) is 17.3 Å². The van der Waals surface area contributed by atoms with Gasteiger partial charge in [0.2, 0.25) is 0 Å². The highest BCUT2D eigenvalue weighted by molar-refractivity contribution is 9.11. The molecule has 7 heteroatoms. The fraction of sp³-hybridized carbons (Fsp3) is 0.0714. The normalized spacial score (nSPS) is 10.3. The van der Waals surface area contributed by atoms with Crippen molar-refractivity contribution in [3.05, 3.63) is 60.4 Å². The number of halogens is 5. The highest BCUT2D eigenvalue weighted by Gasteiger charge is 2.13. The summed E-state index contributed by atoms with van der Waals surface area (Å²) in [5, 5.41) is 11.6. The number of nitrogens with one attached hydrogen (secondary N) is 1. The van der Waals surface area contributed by atoms with E-state index in [0.717, 1.165) is 25.6 Å². The predicted octanol–water partition coefficient (Wildman–Crippen LogP) is 5.74. The third-order valence-electron chi connectivity index (χ3n) is 2.72. The van der Waals surface area contributed by atoms with Crippen molar-refractivity contribution in [1.82, 2.24) is 0 Å². The molecule has 0 aromatic heterocycles. The van der Waals surface area contributed by atoms with Crippen molar-refractivity contribution in [1.29, 1.82) is 5.26 Å². The summed E-state index contributed by atoms with van der Waals surface area (Å²) in [6.45, 7) is -0.0395. The van der Waals surface area contributed by atoms with Gasteiger partial charge in [-0.15, -0.1) is 0 Å². The molecular weight excluding hydrogens is 474 g/mol. The molecule has 108 valence electrons. The third kappa shape index (κ3) is 3.82. The molecule has 1 N–H and O–H groups in total. The van der Waals surface area contributed by atoms with Gasteiger partial charge in [-0.2, -0.15) is 5.26 Å². The molecule has 0 fully saturated rings. The zero-order chi connectivity index (χ0) is 15.6. The summed E-state index contributed by atoms with van der Waals surface area (Å²) in [5.74, 6) is -1.49. The van der Waals surface area contributed by atoms with E-state index in [0.29, 0.717) is 5.69 Å². The monoisotopic (exact) mass is 478 g/mol. The van der Waals surface area contributed by atoms with E-state index in [9.17, 15) is 8.78 Å². The van der Waals surface area contributed by atoms with Crippen LogP contribution in [0, 0.1) is 23.0 Å². The number of nitrogens with zero attached hydrogens (tertiary/aromatic N) is 1. The molecule has 0 heterocycles. The Labute approximate surface area is 145 Å². The van der Waals surface area contributed by atoms with E-state index in [-0.39, 0.29) is 17.7 Å². The van der Waals surface area contributed by atoms with Crippen LogP contribution in [0.1, 0.15) is 11.1 Å². The molecule has 0 unspecified atom stereocenters. The first kappa shape index (κ1) is 16.4. The molecule has 0 radical (unpaired) electrons. The van der Waals surface area contributed by atoms with Crippen molar-refractivity contribution >= 4 is 53.5 Å². The Balaban J connectivity index is 2.28. The number of hydrogen-bond acceptors (Lipinski definition) is 2. The second-order valence-corrected chi connectivity index (χ2v) is 6.75. The van der Waals surface area contributed by atoms with E-state index in [1.807, 2.05) is 12.1 Å². The van der Waals surface area contributed by atoms with Crippen LogP contribution in [-0.2, 0) is 6.54 Å². The molecule has 0 atom stereocenters. The maximum atomic E-state index is 13.8. The van der Waals surface area contributed by atoms with Crippen LogP contribution in [-0.4, -0.2) is 0 Å². The summed E-state index contributed by atoms with van der Waals surface area (Å²) < 4.78 is 30.0. The summed E-state index contributed by atoms with van der Waals surface area (Å²) in [7, 11) is 0. The first-order valence-electron chi connectivity index (χ1n) is 5.69. The zero-order valence-electron chi connectivity index (χ0n) is 10.4. The summed E-state index contributed by atoms with van der Waals surface area (Å²) in [6, 6.07) is 7.39. The number of rotatable bonds is 3. The van der Waals surface area contributed by atoms with Crippen LogP contribution in [0.15, 0.2) is 37.7 Å². The minimum atomic E-state index is -0.747. The predicted molar refractivity (Wildman–Crippen MR) is 87.9 cm³/mol. The molecule has 0 spiro atoms. The lowest BCUT2D eigenvalue weighted by Crippen LogP contribution is -2.06. The average molecular weight is 481 g/mol. The van der Waals surface area contributed by atoms with Crippen LogP contribution in [0.4, 0.5) is 14.5 Å². The van der Waals surface area contributed by atoms with E-state index in [1.54, 1.807) is 6.07 Å². The number of hydrogen-bond donors (Lipinski definition) is 1. The van der Waals surface area contributed by atoms with Gasteiger partial charge >= 0.3 is 0 Å². The molecule has 0 saturated heterocycles. The van der Waals surface area contributed by atoms with Gasteiger partial charge in [0, 0.05) is 25.5 Å². The molecule has 0 aliphatic rings. The summed E-state index contributed by atoms with van der Waals surface area (Å²) >= 11 is 10.1. The smallest absolute Gasteiger partial charge is 0.132 e. The minimum absolute atomic E-state index is 0.0395. The van der Waals surface area contributed by atoms with Gasteiger partial charge < -0.3 is 5.32 Å². The van der Waals surface area contributed by atoms with Crippen molar-refractivity contribution in [2.75, 3.05) is 5.32 Å². The van der Waals surface area contributed by atoms with Gasteiger partial charge in [-0.1, -0.05) is 15.9 Å². The molecule has 0 aliphatic carbocycles. The Morgan fingerprint density at radius 2 is 1.52 bits per heavy atom. The quantitative estimate of drug-likeness (QED) is 0.608. The molecule has 21 heavy (non-hydrogen) atoms. The van der Waals surface area contributed by atoms with E-state index < -0.39 is 11.6 Å². The summed E-state index contributed by atoms with van der Waals surface area (Å²) in [5.41, 5.74) is 0.525. The topological polar surface area (TPSA) is 35.8 Å². The van der Waals surface area contributed by atoms with Crippen LogP contribution in [0.25, 0.3) is 0 Å². The zero-order valence-corrected chi connectivity index (χ0v) is 15.1. The maximum absolute atomic E-state index is 13.8. The summed E-state index contributed by atoms with van der Waals surface area (Å²) in [4.78, 5) is 0. The van der Waals surface area contributed by atoms with Crippen LogP contribution < -0.4 is 5.32 Å². The van der Waals surface area contributed by atoms with Crippen LogP contribution in [0.3, 0.4) is 0 Å². The van der Waals surface area contributed by atoms with Gasteiger partial charge in [0.15, 0.2) is 0 Å². The Morgan fingerprint density at radius 3 is 2.00 bits per heavy atom. The van der Waals surface area contributed by atoms with Gasteiger partial charge in [0.1, 0.15) is 11.6 Å². The molecule has 0 amide bonds. The van der Waals surface area contributed by atoms with Crippen molar-refractivity contribution in [3.8, 4) is 6.07 Å². The van der Waals surface area contributed by atoms with Crippen molar-refractivity contribution in [2.45, 2.75) is 6.54 Å². The highest BCUT2D eigenvalue weighted by Crippen LogP contribution is 2.34. The van der Waals surface area contributed by atoms with E-state index in [4.69, 9.17) is 5.26 Å². The highest BCUT2D eigenvalue weighted by atomic mass is 79.9. The first-order chi connectivity index (χ1) is 9.92. The molecule has 0 saturated carbocycles. The molecular formula is C14H7Br3F2N2. The lowest BCUT2D eigenvalue weighted by molar-refractivity contribution is 0.559. The van der Waals surface area contributed by atoms with Crippen molar-refractivity contribution < 1.29 is 8.78 Å². The van der Waals surface area contributed by atoms with Gasteiger partial charge in [0.25, 0.3) is 0 Å². The fourth-order valence-corrected chi connectivity index (χ4v) is 4.26. The van der Waals surface area contributed by atoms with Crippen LogP contribution >= 0.6 is 47.8 Å². The van der Waals surface area contributed by atoms with Crippen LogP contribution in [0.2, 0.25) is 0 Å². The molecule has 0 bridgehead atoms. The standard InChI is InChI=1S/C14H7Br3F2N2/c15-8-3-10(16)14(11(17)4-8)21-6-9-12(18)1-7(5-20)2-13(9)19/h1-4,21H,6H2. The Bertz CT molecular complexity index is 695. The van der Waals surface area contributed by atoms with Crippen LogP contribution in [0.5, 0.6) is 0 Å². The first-order valence-corrected chi connectivity index (χ1v) is 8.06. The number of benzene rings is 2. The van der Waals surface area contributed by atoms with Gasteiger partial charge in [-0.05, 0) is 56.1 Å². The number of anilines is 1. The average Bonchev–Trinajstić information content (AvgIpc) is 2.39. The Morgan fingerprint density at radius 1 is 1.00 bits per heavy atom. The fourth-order valence-electron chi connectivity index (χ4n) is 1.72. The number of nitriles is 1. The maximum Gasteiger partial charge on any atom is 0.132 e. The van der Waals surface area contributed by atoms with Crippen molar-refractivity contribution in [2.24, 2.45) is 0 Å². The van der Waals surface area contributed by atoms with Crippen molar-refractivity contribution in [3.63, 3.8) is 0 Å². The summed E-state index contributed by atoms with van der Waals surface area (Å²) in [6.07, 6.45) is 0. The largest absolute Gasteiger partial charge is 0.379 e. The lowest BCUT2D eigenvalue weighted by atomic mass is 10.1. The van der Waals surface area contributed by atoms with E-state index in [2.05, 4.69) is 53.1 Å².